The highest BCUT2D eigenvalue weighted by Crippen LogP contribution is 2.25. The summed E-state index contributed by atoms with van der Waals surface area (Å²) in [5.41, 5.74) is 1.92. The number of ether oxygens (including phenoxy) is 4. The first-order valence-electron chi connectivity index (χ1n) is 9.43. The summed E-state index contributed by atoms with van der Waals surface area (Å²) in [5, 5.41) is 18.4. The van der Waals surface area contributed by atoms with Crippen LogP contribution in [-0.4, -0.2) is 60.8 Å². The third-order valence-electron chi connectivity index (χ3n) is 3.99. The molecule has 0 bridgehead atoms. The van der Waals surface area contributed by atoms with Gasteiger partial charge in [0.2, 0.25) is 0 Å². The van der Waals surface area contributed by atoms with Crippen molar-refractivity contribution in [1.82, 2.24) is 0 Å². The van der Waals surface area contributed by atoms with Gasteiger partial charge >= 0.3 is 11.9 Å². The lowest BCUT2D eigenvalue weighted by Gasteiger charge is -2.16. The molecule has 2 atom stereocenters. The molecule has 0 aromatic heterocycles. The number of aliphatic hydroxyl groups is 2. The predicted molar refractivity (Wildman–Crippen MR) is 108 cm³/mol. The van der Waals surface area contributed by atoms with Crippen molar-refractivity contribution in [2.45, 2.75) is 26.1 Å². The minimum Gasteiger partial charge on any atom is -0.490 e. The van der Waals surface area contributed by atoms with Crippen molar-refractivity contribution in [3.63, 3.8) is 0 Å². The molecule has 2 N–H and O–H groups in total. The third kappa shape index (κ3) is 7.73. The maximum absolute atomic E-state index is 11.0. The average molecular weight is 418 g/mol. The molecule has 0 aliphatic carbocycles. The van der Waals surface area contributed by atoms with Gasteiger partial charge in [-0.2, -0.15) is 0 Å². The molecular weight excluding hydrogens is 392 g/mol. The van der Waals surface area contributed by atoms with Crippen LogP contribution in [0, 0.1) is 0 Å². The number of carbonyl (C=O) groups excluding carboxylic acids is 2. The van der Waals surface area contributed by atoms with Crippen LogP contribution in [0.1, 0.15) is 13.8 Å². The van der Waals surface area contributed by atoms with Gasteiger partial charge in [-0.1, -0.05) is 24.3 Å². The summed E-state index contributed by atoms with van der Waals surface area (Å²) in [4.78, 5) is 21.9. The van der Waals surface area contributed by atoms with Crippen LogP contribution >= 0.6 is 0 Å². The number of benzene rings is 2. The van der Waals surface area contributed by atoms with E-state index in [4.69, 9.17) is 18.9 Å². The van der Waals surface area contributed by atoms with E-state index in [1.54, 1.807) is 24.3 Å². The smallest absolute Gasteiger partial charge is 0.303 e. The van der Waals surface area contributed by atoms with Crippen LogP contribution in [0.2, 0.25) is 0 Å². The Bertz CT molecular complexity index is 731. The molecule has 2 rings (SSSR count). The minimum atomic E-state index is -0.707. The fourth-order valence-corrected chi connectivity index (χ4v) is 2.58. The fourth-order valence-electron chi connectivity index (χ4n) is 2.58. The van der Waals surface area contributed by atoms with Gasteiger partial charge in [0.05, 0.1) is 13.2 Å². The van der Waals surface area contributed by atoms with E-state index < -0.39 is 24.1 Å². The van der Waals surface area contributed by atoms with E-state index in [0.717, 1.165) is 11.1 Å². The van der Waals surface area contributed by atoms with E-state index in [1.807, 2.05) is 24.3 Å². The van der Waals surface area contributed by atoms with Crippen molar-refractivity contribution in [1.29, 1.82) is 0 Å². The average Bonchev–Trinajstić information content (AvgIpc) is 2.74. The second-order valence-electron chi connectivity index (χ2n) is 6.50. The van der Waals surface area contributed by atoms with Crippen LogP contribution in [-0.2, 0) is 19.1 Å². The van der Waals surface area contributed by atoms with Crippen LogP contribution in [0.5, 0.6) is 11.5 Å². The summed E-state index contributed by atoms with van der Waals surface area (Å²) in [7, 11) is 0. The predicted octanol–water partition coefficient (Wildman–Crippen LogP) is 1.96. The van der Waals surface area contributed by atoms with Crippen LogP contribution in [0.25, 0.3) is 11.1 Å². The lowest BCUT2D eigenvalue weighted by molar-refractivity contribution is -0.150. The van der Waals surface area contributed by atoms with Gasteiger partial charge in [0.25, 0.3) is 0 Å². The molecule has 2 aromatic carbocycles. The van der Waals surface area contributed by atoms with Crippen molar-refractivity contribution in [3.05, 3.63) is 48.5 Å². The first-order chi connectivity index (χ1) is 14.4. The maximum Gasteiger partial charge on any atom is 0.303 e. The van der Waals surface area contributed by atoms with Crippen molar-refractivity contribution in [2.75, 3.05) is 26.4 Å². The number of carbonyl (C=O) groups is 2. The number of hydrogen-bond acceptors (Lipinski definition) is 8. The zero-order chi connectivity index (χ0) is 21.9. The lowest BCUT2D eigenvalue weighted by atomic mass is 10.1. The van der Waals surface area contributed by atoms with Crippen LogP contribution in [0.4, 0.5) is 0 Å². The first kappa shape index (κ1) is 23.2. The molecular formula is C22H26O8. The van der Waals surface area contributed by atoms with E-state index in [1.165, 1.54) is 13.8 Å². The normalized spacial score (nSPS) is 12.5. The Balaban J connectivity index is 1.90. The molecule has 0 saturated carbocycles. The topological polar surface area (TPSA) is 112 Å². The Kier molecular flexibility index (Phi) is 9.11. The highest BCUT2D eigenvalue weighted by atomic mass is 16.6. The van der Waals surface area contributed by atoms with E-state index in [9.17, 15) is 19.8 Å². The van der Waals surface area contributed by atoms with Gasteiger partial charge in [-0.15, -0.1) is 0 Å². The molecule has 30 heavy (non-hydrogen) atoms. The van der Waals surface area contributed by atoms with Crippen LogP contribution < -0.4 is 9.47 Å². The maximum atomic E-state index is 11.0. The Labute approximate surface area is 175 Å². The van der Waals surface area contributed by atoms with Crippen LogP contribution in [0.3, 0.4) is 0 Å². The molecule has 0 saturated heterocycles. The third-order valence-corrected chi connectivity index (χ3v) is 3.99. The molecule has 8 nitrogen and oxygen atoms in total. The number of rotatable bonds is 11. The van der Waals surface area contributed by atoms with Gasteiger partial charge in [0.15, 0.2) is 12.2 Å². The summed E-state index contributed by atoms with van der Waals surface area (Å²) in [5.74, 6) is 0.229. The summed E-state index contributed by atoms with van der Waals surface area (Å²) >= 11 is 0. The van der Waals surface area contributed by atoms with E-state index in [2.05, 4.69) is 0 Å². The quantitative estimate of drug-likeness (QED) is 0.533. The molecule has 0 aliphatic rings. The van der Waals surface area contributed by atoms with Gasteiger partial charge in [-0.3, -0.25) is 9.59 Å². The number of hydrogen-bond donors (Lipinski definition) is 2. The molecule has 8 heteroatoms. The van der Waals surface area contributed by atoms with Gasteiger partial charge in [0, 0.05) is 13.8 Å². The molecule has 2 aromatic rings. The molecule has 0 fully saturated rings. The lowest BCUT2D eigenvalue weighted by Crippen LogP contribution is -2.27. The van der Waals surface area contributed by atoms with E-state index in [-0.39, 0.29) is 26.4 Å². The SMILES string of the molecule is CC(=O)OC(CO)COc1ccc(-c2ccc(OCC(CO)OC(C)=O)cc2)cc1. The molecule has 0 spiro atoms. The first-order valence-corrected chi connectivity index (χ1v) is 9.43. The molecule has 0 heterocycles. The standard InChI is InChI=1S/C22H26O8/c1-15(25)29-21(11-23)13-27-19-7-3-17(4-8-19)18-5-9-20(10-6-18)28-14-22(12-24)30-16(2)26/h3-10,21-24H,11-14H2,1-2H3. The van der Waals surface area contributed by atoms with Crippen molar-refractivity contribution in [3.8, 4) is 22.6 Å². The molecule has 2 unspecified atom stereocenters. The second-order valence-corrected chi connectivity index (χ2v) is 6.50. The van der Waals surface area contributed by atoms with E-state index >= 15 is 0 Å². The molecule has 0 amide bonds. The molecule has 0 radical (unpaired) electrons. The monoisotopic (exact) mass is 418 g/mol. The summed E-state index contributed by atoms with van der Waals surface area (Å²) in [6.45, 7) is 2.04. The summed E-state index contributed by atoms with van der Waals surface area (Å²) < 4.78 is 20.9. The molecule has 162 valence electrons. The zero-order valence-electron chi connectivity index (χ0n) is 16.9. The second kappa shape index (κ2) is 11.8. The van der Waals surface area contributed by atoms with Crippen molar-refractivity contribution in [2.24, 2.45) is 0 Å². The largest absolute Gasteiger partial charge is 0.490 e. The summed E-state index contributed by atoms with van der Waals surface area (Å²) in [6.07, 6.45) is -1.41. The summed E-state index contributed by atoms with van der Waals surface area (Å²) in [6, 6.07) is 14.7. The van der Waals surface area contributed by atoms with Crippen LogP contribution in [0.15, 0.2) is 48.5 Å². The van der Waals surface area contributed by atoms with Crippen molar-refractivity contribution < 1.29 is 38.7 Å². The van der Waals surface area contributed by atoms with Gasteiger partial charge < -0.3 is 29.2 Å². The van der Waals surface area contributed by atoms with Gasteiger partial charge in [-0.05, 0) is 35.4 Å². The number of esters is 2. The number of aliphatic hydroxyl groups excluding tert-OH is 2. The highest BCUT2D eigenvalue weighted by Gasteiger charge is 2.13. The zero-order valence-corrected chi connectivity index (χ0v) is 16.9. The van der Waals surface area contributed by atoms with E-state index in [0.29, 0.717) is 11.5 Å². The highest BCUT2D eigenvalue weighted by molar-refractivity contribution is 5.66. The Morgan fingerprint density at radius 1 is 0.700 bits per heavy atom. The van der Waals surface area contributed by atoms with Crippen molar-refractivity contribution >= 4 is 11.9 Å². The molecule has 0 aliphatic heterocycles. The van der Waals surface area contributed by atoms with Gasteiger partial charge in [0.1, 0.15) is 24.7 Å². The Hall–Kier alpha value is -3.10. The Morgan fingerprint density at radius 3 is 1.30 bits per heavy atom. The Morgan fingerprint density at radius 2 is 1.03 bits per heavy atom. The minimum absolute atomic E-state index is 0.0592. The fraction of sp³-hybridized carbons (Fsp3) is 0.364. The van der Waals surface area contributed by atoms with Gasteiger partial charge in [-0.25, -0.2) is 0 Å².